The first-order valence-electron chi connectivity index (χ1n) is 6.32. The number of nitrogens with one attached hydrogen (secondary N) is 1. The van der Waals surface area contributed by atoms with Gasteiger partial charge in [0.25, 0.3) is 0 Å². The molecule has 0 unspecified atom stereocenters. The van der Waals surface area contributed by atoms with Gasteiger partial charge in [-0.2, -0.15) is 4.98 Å². The van der Waals surface area contributed by atoms with Crippen LogP contribution >= 0.6 is 0 Å². The van der Waals surface area contributed by atoms with Gasteiger partial charge >= 0.3 is 5.69 Å². The number of rotatable bonds is 9. The van der Waals surface area contributed by atoms with Gasteiger partial charge in [-0.1, -0.05) is 32.4 Å². The van der Waals surface area contributed by atoms with Crippen LogP contribution in [0.15, 0.2) is 24.8 Å². The van der Waals surface area contributed by atoms with E-state index in [9.17, 15) is 10.1 Å². The fourth-order valence-electron chi connectivity index (χ4n) is 1.52. The van der Waals surface area contributed by atoms with Crippen LogP contribution in [0.25, 0.3) is 0 Å². The van der Waals surface area contributed by atoms with Gasteiger partial charge in [-0.05, 0) is 6.42 Å². The molecule has 6 nitrogen and oxygen atoms in total. The summed E-state index contributed by atoms with van der Waals surface area (Å²) >= 11 is 0. The average Bonchev–Trinajstić information content (AvgIpc) is 2.41. The van der Waals surface area contributed by atoms with E-state index in [4.69, 9.17) is 4.74 Å². The van der Waals surface area contributed by atoms with Crippen molar-refractivity contribution in [3.8, 4) is 5.88 Å². The van der Waals surface area contributed by atoms with Crippen molar-refractivity contribution < 1.29 is 9.66 Å². The minimum atomic E-state index is -0.452. The van der Waals surface area contributed by atoms with E-state index in [1.165, 1.54) is 12.1 Å². The molecule has 1 heterocycles. The molecule has 0 bridgehead atoms. The maximum absolute atomic E-state index is 10.9. The number of aromatic nitrogens is 1. The molecule has 0 aliphatic heterocycles. The van der Waals surface area contributed by atoms with Gasteiger partial charge in [0.05, 0.1) is 4.92 Å². The van der Waals surface area contributed by atoms with E-state index in [0.29, 0.717) is 19.0 Å². The summed E-state index contributed by atoms with van der Waals surface area (Å²) in [5.41, 5.74) is -0.0394. The molecular weight excluding hydrogens is 246 g/mol. The summed E-state index contributed by atoms with van der Waals surface area (Å²) in [6, 6.07) is 2.88. The van der Waals surface area contributed by atoms with Crippen molar-refractivity contribution in [2.45, 2.75) is 26.2 Å². The highest BCUT2D eigenvalue weighted by molar-refractivity contribution is 5.56. The molecule has 0 spiro atoms. The van der Waals surface area contributed by atoms with E-state index in [1.54, 1.807) is 6.08 Å². The molecule has 1 aromatic rings. The molecule has 0 aliphatic rings. The van der Waals surface area contributed by atoms with Gasteiger partial charge in [-0.3, -0.25) is 10.1 Å². The molecule has 0 aliphatic carbocycles. The minimum absolute atomic E-state index is 0.0394. The highest BCUT2D eigenvalue weighted by Gasteiger charge is 2.15. The summed E-state index contributed by atoms with van der Waals surface area (Å²) in [5, 5.41) is 13.9. The molecule has 1 rings (SSSR count). The number of anilines is 1. The molecule has 0 amide bonds. The van der Waals surface area contributed by atoms with Crippen molar-refractivity contribution in [3.05, 3.63) is 34.9 Å². The third-order valence-corrected chi connectivity index (χ3v) is 2.47. The van der Waals surface area contributed by atoms with Crippen molar-refractivity contribution in [2.24, 2.45) is 0 Å². The van der Waals surface area contributed by atoms with Gasteiger partial charge in [0.1, 0.15) is 6.61 Å². The summed E-state index contributed by atoms with van der Waals surface area (Å²) in [7, 11) is 0. The highest BCUT2D eigenvalue weighted by atomic mass is 16.6. The van der Waals surface area contributed by atoms with Gasteiger partial charge in [-0.25, -0.2) is 0 Å². The van der Waals surface area contributed by atoms with Crippen molar-refractivity contribution >= 4 is 11.5 Å². The van der Waals surface area contributed by atoms with Crippen LogP contribution < -0.4 is 10.1 Å². The van der Waals surface area contributed by atoms with Crippen LogP contribution in [0.2, 0.25) is 0 Å². The second-order valence-corrected chi connectivity index (χ2v) is 4.01. The molecule has 0 fully saturated rings. The Balaban J connectivity index is 2.76. The van der Waals surface area contributed by atoms with Crippen LogP contribution in [-0.4, -0.2) is 23.1 Å². The third kappa shape index (κ3) is 4.95. The maximum Gasteiger partial charge on any atom is 0.311 e. The van der Waals surface area contributed by atoms with E-state index in [-0.39, 0.29) is 11.5 Å². The Labute approximate surface area is 112 Å². The zero-order chi connectivity index (χ0) is 14.1. The first-order chi connectivity index (χ1) is 9.19. The lowest BCUT2D eigenvalue weighted by atomic mass is 10.2. The van der Waals surface area contributed by atoms with Gasteiger partial charge in [0.15, 0.2) is 0 Å². The fourth-order valence-corrected chi connectivity index (χ4v) is 1.52. The van der Waals surface area contributed by atoms with Crippen LogP contribution in [0.5, 0.6) is 5.88 Å². The van der Waals surface area contributed by atoms with Crippen LogP contribution in [0.3, 0.4) is 0 Å². The van der Waals surface area contributed by atoms with Crippen LogP contribution in [0.4, 0.5) is 11.5 Å². The Bertz CT molecular complexity index is 435. The number of hydrogen-bond donors (Lipinski definition) is 1. The average molecular weight is 265 g/mol. The minimum Gasteiger partial charge on any atom is -0.473 e. The second kappa shape index (κ2) is 8.07. The number of ether oxygens (including phenoxy) is 1. The lowest BCUT2D eigenvalue weighted by molar-refractivity contribution is -0.384. The Morgan fingerprint density at radius 3 is 2.95 bits per heavy atom. The van der Waals surface area contributed by atoms with E-state index in [1.807, 2.05) is 0 Å². The molecule has 104 valence electrons. The summed E-state index contributed by atoms with van der Waals surface area (Å²) in [6.07, 6.45) is 4.72. The normalized spacial score (nSPS) is 9.95. The van der Waals surface area contributed by atoms with Crippen molar-refractivity contribution in [1.82, 2.24) is 4.98 Å². The number of nitrogens with zero attached hydrogens (tertiary/aromatic N) is 2. The third-order valence-electron chi connectivity index (χ3n) is 2.47. The molecule has 0 saturated heterocycles. The molecule has 0 saturated carbocycles. The van der Waals surface area contributed by atoms with E-state index in [2.05, 4.69) is 23.8 Å². The molecule has 0 aromatic carbocycles. The molecule has 19 heavy (non-hydrogen) atoms. The first kappa shape index (κ1) is 14.9. The Hall–Kier alpha value is -2.11. The topological polar surface area (TPSA) is 77.3 Å². The molecule has 0 radical (unpaired) electrons. The number of hydrogen-bond acceptors (Lipinski definition) is 5. The number of nitro groups is 1. The Morgan fingerprint density at radius 2 is 2.32 bits per heavy atom. The van der Waals surface area contributed by atoms with Gasteiger partial charge in [0, 0.05) is 18.7 Å². The van der Waals surface area contributed by atoms with Crippen molar-refractivity contribution in [1.29, 1.82) is 0 Å². The van der Waals surface area contributed by atoms with Crippen LogP contribution in [0, 0.1) is 10.1 Å². The molecule has 0 atom stereocenters. The van der Waals surface area contributed by atoms with Crippen LogP contribution in [0.1, 0.15) is 26.2 Å². The predicted molar refractivity (Wildman–Crippen MR) is 74.6 cm³/mol. The second-order valence-electron chi connectivity index (χ2n) is 4.01. The standard InChI is InChI=1S/C13H19N3O3/c1-3-5-6-9-14-13-11(16(17)18)7-8-12(15-13)19-10-4-2/h4,7-8H,2-3,5-6,9-10H2,1H3,(H,14,15). The smallest absolute Gasteiger partial charge is 0.311 e. The van der Waals surface area contributed by atoms with Gasteiger partial charge < -0.3 is 10.1 Å². The number of pyridine rings is 1. The zero-order valence-electron chi connectivity index (χ0n) is 11.1. The quantitative estimate of drug-likeness (QED) is 0.321. The van der Waals surface area contributed by atoms with E-state index < -0.39 is 4.92 Å². The lowest BCUT2D eigenvalue weighted by Gasteiger charge is -2.08. The van der Waals surface area contributed by atoms with E-state index in [0.717, 1.165) is 19.3 Å². The van der Waals surface area contributed by atoms with Crippen LogP contribution in [-0.2, 0) is 0 Å². The fraction of sp³-hybridized carbons (Fsp3) is 0.462. The SMILES string of the molecule is C=CCOc1ccc([N+](=O)[O-])c(NCCCCC)n1. The first-order valence-corrected chi connectivity index (χ1v) is 6.32. The zero-order valence-corrected chi connectivity index (χ0v) is 11.1. The molecule has 1 aromatic heterocycles. The maximum atomic E-state index is 10.9. The summed E-state index contributed by atoms with van der Waals surface area (Å²) < 4.78 is 5.27. The Morgan fingerprint density at radius 1 is 1.53 bits per heavy atom. The van der Waals surface area contributed by atoms with E-state index >= 15 is 0 Å². The number of unbranched alkanes of at least 4 members (excludes halogenated alkanes) is 2. The largest absolute Gasteiger partial charge is 0.473 e. The van der Waals surface area contributed by atoms with Gasteiger partial charge in [-0.15, -0.1) is 0 Å². The summed E-state index contributed by atoms with van der Waals surface area (Å²) in [4.78, 5) is 14.6. The predicted octanol–water partition coefficient (Wildman–Crippen LogP) is 3.16. The lowest BCUT2D eigenvalue weighted by Crippen LogP contribution is -2.07. The highest BCUT2D eigenvalue weighted by Crippen LogP contribution is 2.25. The Kier molecular flexibility index (Phi) is 6.35. The van der Waals surface area contributed by atoms with Crippen molar-refractivity contribution in [2.75, 3.05) is 18.5 Å². The molecular formula is C13H19N3O3. The monoisotopic (exact) mass is 265 g/mol. The summed E-state index contributed by atoms with van der Waals surface area (Å²) in [5.74, 6) is 0.603. The molecule has 6 heteroatoms. The summed E-state index contributed by atoms with van der Waals surface area (Å²) in [6.45, 7) is 6.62. The molecule has 1 N–H and O–H groups in total. The van der Waals surface area contributed by atoms with Gasteiger partial charge in [0.2, 0.25) is 11.7 Å². The van der Waals surface area contributed by atoms with Crippen molar-refractivity contribution in [3.63, 3.8) is 0 Å².